The van der Waals surface area contributed by atoms with E-state index in [2.05, 4.69) is 27.8 Å². The van der Waals surface area contributed by atoms with Crippen molar-refractivity contribution < 1.29 is 9.47 Å². The van der Waals surface area contributed by atoms with Crippen LogP contribution >= 0.6 is 15.9 Å². The predicted octanol–water partition coefficient (Wildman–Crippen LogP) is 3.78. The van der Waals surface area contributed by atoms with Gasteiger partial charge >= 0.3 is 0 Å². The van der Waals surface area contributed by atoms with Gasteiger partial charge in [0, 0.05) is 28.4 Å². The summed E-state index contributed by atoms with van der Waals surface area (Å²) in [5, 5.41) is 0.892. The fraction of sp³-hybridized carbons (Fsp3) is 0.400. The van der Waals surface area contributed by atoms with Crippen molar-refractivity contribution in [1.29, 1.82) is 0 Å². The molecule has 4 nitrogen and oxygen atoms in total. The topological polar surface area (TPSA) is 57.4 Å². The Labute approximate surface area is 127 Å². The number of ether oxygens (including phenoxy) is 2. The minimum atomic E-state index is 0.514. The van der Waals surface area contributed by atoms with E-state index in [4.69, 9.17) is 15.2 Å². The third-order valence-corrected chi connectivity index (χ3v) is 3.37. The lowest BCUT2D eigenvalue weighted by Gasteiger charge is -2.10. The van der Waals surface area contributed by atoms with Gasteiger partial charge < -0.3 is 15.2 Å². The number of nitrogen functional groups attached to an aromatic ring is 1. The van der Waals surface area contributed by atoms with Gasteiger partial charge in [-0.05, 0) is 40.5 Å². The van der Waals surface area contributed by atoms with E-state index in [0.29, 0.717) is 18.9 Å². The van der Waals surface area contributed by atoms with Gasteiger partial charge in [-0.3, -0.25) is 4.98 Å². The summed E-state index contributed by atoms with van der Waals surface area (Å²) in [6.07, 6.45) is 3.97. The molecule has 0 spiro atoms. The molecule has 20 heavy (non-hydrogen) atoms. The minimum absolute atomic E-state index is 0.514. The number of unbranched alkanes of at least 4 members (excludes halogenated alkanes) is 1. The first kappa shape index (κ1) is 15.1. The molecule has 0 saturated heterocycles. The highest BCUT2D eigenvalue weighted by Crippen LogP contribution is 2.30. The van der Waals surface area contributed by atoms with Crippen molar-refractivity contribution in [2.75, 3.05) is 25.6 Å². The molecule has 2 rings (SSSR count). The van der Waals surface area contributed by atoms with Crippen LogP contribution < -0.4 is 10.5 Å². The molecule has 1 aromatic heterocycles. The number of pyridine rings is 1. The number of rotatable bonds is 7. The van der Waals surface area contributed by atoms with Crippen LogP contribution in [0.4, 0.5) is 5.69 Å². The number of hydrogen-bond donors (Lipinski definition) is 1. The van der Waals surface area contributed by atoms with Gasteiger partial charge in [-0.25, -0.2) is 0 Å². The quantitative estimate of drug-likeness (QED) is 0.616. The highest BCUT2D eigenvalue weighted by molar-refractivity contribution is 9.10. The lowest BCUT2D eigenvalue weighted by Crippen LogP contribution is -2.08. The third kappa shape index (κ3) is 3.84. The summed E-state index contributed by atoms with van der Waals surface area (Å²) in [7, 11) is 0. The third-order valence-electron chi connectivity index (χ3n) is 2.94. The molecule has 0 saturated carbocycles. The molecule has 1 heterocycles. The number of halogens is 1. The van der Waals surface area contributed by atoms with Gasteiger partial charge in [-0.2, -0.15) is 0 Å². The Kier molecular flexibility index (Phi) is 5.61. The Hall–Kier alpha value is -1.33. The van der Waals surface area contributed by atoms with E-state index in [1.165, 1.54) is 0 Å². The molecule has 0 bridgehead atoms. The van der Waals surface area contributed by atoms with Crippen molar-refractivity contribution in [3.63, 3.8) is 0 Å². The van der Waals surface area contributed by atoms with Crippen LogP contribution in [0, 0.1) is 0 Å². The van der Waals surface area contributed by atoms with E-state index in [1.807, 2.05) is 18.2 Å². The van der Waals surface area contributed by atoms with Crippen molar-refractivity contribution in [3.05, 3.63) is 28.9 Å². The molecule has 2 aromatic rings. The first-order valence-electron chi connectivity index (χ1n) is 6.76. The van der Waals surface area contributed by atoms with Gasteiger partial charge in [0.1, 0.15) is 17.9 Å². The number of hydrogen-bond acceptors (Lipinski definition) is 4. The molecule has 0 fully saturated rings. The van der Waals surface area contributed by atoms with Crippen LogP contribution in [-0.4, -0.2) is 24.8 Å². The van der Waals surface area contributed by atoms with Crippen LogP contribution in [-0.2, 0) is 4.74 Å². The van der Waals surface area contributed by atoms with Crippen molar-refractivity contribution in [2.24, 2.45) is 0 Å². The van der Waals surface area contributed by atoms with Crippen molar-refractivity contribution in [3.8, 4) is 5.75 Å². The molecule has 0 aliphatic heterocycles. The van der Waals surface area contributed by atoms with E-state index in [0.717, 1.165) is 40.6 Å². The van der Waals surface area contributed by atoms with Crippen LogP contribution in [0.3, 0.4) is 0 Å². The fourth-order valence-electron chi connectivity index (χ4n) is 1.87. The largest absolute Gasteiger partial charge is 0.489 e. The molecule has 108 valence electrons. The molecule has 0 aliphatic carbocycles. The Balaban J connectivity index is 2.02. The second-order valence-electron chi connectivity index (χ2n) is 4.52. The highest BCUT2D eigenvalue weighted by Gasteiger charge is 2.07. The summed E-state index contributed by atoms with van der Waals surface area (Å²) >= 11 is 3.40. The SMILES string of the molecule is CCCCOCCOc1ccc(N)c2cc(Br)cnc12. The molecule has 2 N–H and O–H groups in total. The van der Waals surface area contributed by atoms with Gasteiger partial charge in [-0.1, -0.05) is 13.3 Å². The van der Waals surface area contributed by atoms with Gasteiger partial charge in [0.2, 0.25) is 0 Å². The molecule has 5 heteroatoms. The van der Waals surface area contributed by atoms with E-state index in [-0.39, 0.29) is 0 Å². The van der Waals surface area contributed by atoms with Gasteiger partial charge in [0.25, 0.3) is 0 Å². The number of anilines is 1. The van der Waals surface area contributed by atoms with Gasteiger partial charge in [0.05, 0.1) is 6.61 Å². The normalized spacial score (nSPS) is 10.9. The summed E-state index contributed by atoms with van der Waals surface area (Å²) in [4.78, 5) is 4.38. The second kappa shape index (κ2) is 7.45. The monoisotopic (exact) mass is 338 g/mol. The van der Waals surface area contributed by atoms with Crippen LogP contribution in [0.1, 0.15) is 19.8 Å². The van der Waals surface area contributed by atoms with E-state index >= 15 is 0 Å². The fourth-order valence-corrected chi connectivity index (χ4v) is 2.20. The molecular weight excluding hydrogens is 320 g/mol. The average molecular weight is 339 g/mol. The standard InChI is InChI=1S/C15H19BrN2O2/c1-2-3-6-19-7-8-20-14-5-4-13(17)12-9-11(16)10-18-15(12)14/h4-5,9-10H,2-3,6-8,17H2,1H3. The van der Waals surface area contributed by atoms with Crippen molar-refractivity contribution in [2.45, 2.75) is 19.8 Å². The minimum Gasteiger partial charge on any atom is -0.489 e. The van der Waals surface area contributed by atoms with Crippen LogP contribution in [0.15, 0.2) is 28.9 Å². The zero-order chi connectivity index (χ0) is 14.4. The maximum Gasteiger partial charge on any atom is 0.145 e. The summed E-state index contributed by atoms with van der Waals surface area (Å²) in [5.41, 5.74) is 7.44. The van der Waals surface area contributed by atoms with Crippen LogP contribution in [0.2, 0.25) is 0 Å². The first-order valence-corrected chi connectivity index (χ1v) is 7.56. The van der Waals surface area contributed by atoms with Crippen LogP contribution in [0.5, 0.6) is 5.75 Å². The molecule has 0 radical (unpaired) electrons. The first-order chi connectivity index (χ1) is 9.72. The number of nitrogens with zero attached hydrogens (tertiary/aromatic N) is 1. The molecular formula is C15H19BrN2O2. The Morgan fingerprint density at radius 1 is 1.25 bits per heavy atom. The maximum atomic E-state index is 5.96. The Morgan fingerprint density at radius 2 is 2.10 bits per heavy atom. The zero-order valence-electron chi connectivity index (χ0n) is 11.6. The molecule has 0 atom stereocenters. The molecule has 0 unspecified atom stereocenters. The average Bonchev–Trinajstić information content (AvgIpc) is 2.45. The summed E-state index contributed by atoms with van der Waals surface area (Å²) in [6.45, 7) is 4.03. The lowest BCUT2D eigenvalue weighted by atomic mass is 10.2. The number of fused-ring (bicyclic) bond motifs is 1. The van der Waals surface area contributed by atoms with Crippen LogP contribution in [0.25, 0.3) is 10.9 Å². The van der Waals surface area contributed by atoms with E-state index in [9.17, 15) is 0 Å². The molecule has 0 amide bonds. The molecule has 0 aliphatic rings. The number of benzene rings is 1. The Morgan fingerprint density at radius 3 is 2.90 bits per heavy atom. The lowest BCUT2D eigenvalue weighted by molar-refractivity contribution is 0.0985. The van der Waals surface area contributed by atoms with E-state index in [1.54, 1.807) is 6.20 Å². The maximum absolute atomic E-state index is 5.96. The van der Waals surface area contributed by atoms with Crippen molar-refractivity contribution in [1.82, 2.24) is 4.98 Å². The second-order valence-corrected chi connectivity index (χ2v) is 5.43. The zero-order valence-corrected chi connectivity index (χ0v) is 13.1. The summed E-state index contributed by atoms with van der Waals surface area (Å²) in [6, 6.07) is 5.64. The Bertz CT molecular complexity index is 575. The molecule has 1 aromatic carbocycles. The number of nitrogens with two attached hydrogens (primary N) is 1. The van der Waals surface area contributed by atoms with Crippen molar-refractivity contribution >= 4 is 32.5 Å². The summed E-state index contributed by atoms with van der Waals surface area (Å²) < 4.78 is 12.1. The number of aromatic nitrogens is 1. The summed E-state index contributed by atoms with van der Waals surface area (Å²) in [5.74, 6) is 0.737. The highest BCUT2D eigenvalue weighted by atomic mass is 79.9. The van der Waals surface area contributed by atoms with Gasteiger partial charge in [0.15, 0.2) is 0 Å². The smallest absolute Gasteiger partial charge is 0.145 e. The predicted molar refractivity (Wildman–Crippen MR) is 85.1 cm³/mol. The van der Waals surface area contributed by atoms with E-state index < -0.39 is 0 Å². The van der Waals surface area contributed by atoms with Gasteiger partial charge in [-0.15, -0.1) is 0 Å².